The molecular weight excluding hydrogens is 308 g/mol. The molecule has 0 fully saturated rings. The van der Waals surface area contributed by atoms with E-state index in [0.717, 1.165) is 38.5 Å². The minimum atomic E-state index is -0.690. The SMILES string of the molecule is CCCCO[C@H]([C@@H](OCCCC)[C@@H](OCCCC)C(C)O)[C@H](C)O. The van der Waals surface area contributed by atoms with Crippen molar-refractivity contribution in [2.24, 2.45) is 0 Å². The number of aliphatic hydroxyl groups excluding tert-OH is 2. The Morgan fingerprint density at radius 1 is 0.583 bits per heavy atom. The number of rotatable bonds is 16. The van der Waals surface area contributed by atoms with Gasteiger partial charge < -0.3 is 24.4 Å². The van der Waals surface area contributed by atoms with Crippen LogP contribution in [0.2, 0.25) is 0 Å². The zero-order chi connectivity index (χ0) is 18.4. The van der Waals surface area contributed by atoms with Crippen molar-refractivity contribution < 1.29 is 24.4 Å². The van der Waals surface area contributed by atoms with Crippen molar-refractivity contribution in [1.82, 2.24) is 0 Å². The molecule has 0 amide bonds. The summed E-state index contributed by atoms with van der Waals surface area (Å²) in [6.45, 7) is 11.4. The molecule has 0 heterocycles. The van der Waals surface area contributed by atoms with Crippen molar-refractivity contribution in [1.29, 1.82) is 0 Å². The molecule has 0 spiro atoms. The third kappa shape index (κ3) is 9.94. The summed E-state index contributed by atoms with van der Waals surface area (Å²) in [6, 6.07) is 0. The van der Waals surface area contributed by atoms with Gasteiger partial charge in [0.05, 0.1) is 12.2 Å². The Morgan fingerprint density at radius 2 is 0.875 bits per heavy atom. The molecule has 0 saturated heterocycles. The molecule has 0 rings (SSSR count). The molecule has 146 valence electrons. The Labute approximate surface area is 148 Å². The average molecular weight is 349 g/mol. The van der Waals surface area contributed by atoms with Crippen molar-refractivity contribution in [2.75, 3.05) is 19.8 Å². The highest BCUT2D eigenvalue weighted by Gasteiger charge is 2.37. The van der Waals surface area contributed by atoms with E-state index in [9.17, 15) is 10.2 Å². The first-order chi connectivity index (χ1) is 11.5. The van der Waals surface area contributed by atoms with Gasteiger partial charge in [-0.05, 0) is 33.1 Å². The van der Waals surface area contributed by atoms with Crippen LogP contribution in [0.4, 0.5) is 0 Å². The van der Waals surface area contributed by atoms with E-state index in [1.54, 1.807) is 13.8 Å². The van der Waals surface area contributed by atoms with E-state index < -0.39 is 30.5 Å². The Kier molecular flexibility index (Phi) is 15.0. The van der Waals surface area contributed by atoms with Gasteiger partial charge in [-0.1, -0.05) is 40.0 Å². The summed E-state index contributed by atoms with van der Waals surface area (Å²) in [4.78, 5) is 0. The summed E-state index contributed by atoms with van der Waals surface area (Å²) >= 11 is 0. The highest BCUT2D eigenvalue weighted by molar-refractivity contribution is 4.86. The van der Waals surface area contributed by atoms with Gasteiger partial charge in [0, 0.05) is 19.8 Å². The van der Waals surface area contributed by atoms with Crippen LogP contribution in [-0.4, -0.2) is 60.6 Å². The quantitative estimate of drug-likeness (QED) is 0.419. The van der Waals surface area contributed by atoms with E-state index in [4.69, 9.17) is 14.2 Å². The Bertz CT molecular complexity index is 248. The second-order valence-electron chi connectivity index (χ2n) is 6.55. The topological polar surface area (TPSA) is 68.2 Å². The molecule has 0 aliphatic carbocycles. The maximum absolute atomic E-state index is 10.2. The standard InChI is InChI=1S/C19H40O5/c1-6-9-12-22-17(15(4)20)19(24-14-11-8-3)18(16(5)21)23-13-10-7-2/h15-21H,6-14H2,1-5H3/t15-,16?,17-,18-,19+/m0/s1. The zero-order valence-electron chi connectivity index (χ0n) is 16.4. The second kappa shape index (κ2) is 15.1. The largest absolute Gasteiger partial charge is 0.391 e. The van der Waals surface area contributed by atoms with Crippen LogP contribution in [0.15, 0.2) is 0 Å². The molecule has 0 radical (unpaired) electrons. The number of hydrogen-bond donors (Lipinski definition) is 2. The maximum Gasteiger partial charge on any atom is 0.115 e. The van der Waals surface area contributed by atoms with E-state index >= 15 is 0 Å². The number of ether oxygens (including phenoxy) is 3. The summed E-state index contributed by atoms with van der Waals surface area (Å²) in [5.74, 6) is 0. The fraction of sp³-hybridized carbons (Fsp3) is 1.00. The van der Waals surface area contributed by atoms with Crippen molar-refractivity contribution in [3.05, 3.63) is 0 Å². The van der Waals surface area contributed by atoms with Gasteiger partial charge in [0.1, 0.15) is 18.3 Å². The van der Waals surface area contributed by atoms with Gasteiger partial charge in [-0.2, -0.15) is 0 Å². The summed E-state index contributed by atoms with van der Waals surface area (Å²) < 4.78 is 17.8. The van der Waals surface area contributed by atoms with Gasteiger partial charge in [-0.3, -0.25) is 0 Å². The Balaban J connectivity index is 5.07. The van der Waals surface area contributed by atoms with Crippen LogP contribution in [0.3, 0.4) is 0 Å². The highest BCUT2D eigenvalue weighted by Crippen LogP contribution is 2.20. The molecule has 0 aromatic rings. The van der Waals surface area contributed by atoms with Gasteiger partial charge in [-0.25, -0.2) is 0 Å². The molecule has 0 saturated carbocycles. The molecule has 0 aliphatic rings. The molecule has 5 heteroatoms. The zero-order valence-corrected chi connectivity index (χ0v) is 16.4. The highest BCUT2D eigenvalue weighted by atomic mass is 16.6. The van der Waals surface area contributed by atoms with Crippen LogP contribution in [-0.2, 0) is 14.2 Å². The van der Waals surface area contributed by atoms with Crippen LogP contribution < -0.4 is 0 Å². The van der Waals surface area contributed by atoms with E-state index in [0.29, 0.717) is 19.8 Å². The molecule has 1 unspecified atom stereocenters. The van der Waals surface area contributed by atoms with E-state index in [2.05, 4.69) is 20.8 Å². The number of aliphatic hydroxyl groups is 2. The molecular formula is C19H40O5. The number of unbranched alkanes of at least 4 members (excludes halogenated alkanes) is 3. The van der Waals surface area contributed by atoms with Gasteiger partial charge in [-0.15, -0.1) is 0 Å². The monoisotopic (exact) mass is 348 g/mol. The molecule has 24 heavy (non-hydrogen) atoms. The molecule has 5 nitrogen and oxygen atoms in total. The summed E-state index contributed by atoms with van der Waals surface area (Å²) in [6.07, 6.45) is 3.00. The third-order valence-corrected chi connectivity index (χ3v) is 4.02. The predicted molar refractivity (Wildman–Crippen MR) is 97.3 cm³/mol. The summed E-state index contributed by atoms with van der Waals surface area (Å²) in [7, 11) is 0. The normalized spacial score (nSPS) is 18.1. The fourth-order valence-corrected chi connectivity index (χ4v) is 2.49. The summed E-state index contributed by atoms with van der Waals surface area (Å²) in [5.41, 5.74) is 0. The second-order valence-corrected chi connectivity index (χ2v) is 6.55. The van der Waals surface area contributed by atoms with Crippen molar-refractivity contribution in [2.45, 2.75) is 104 Å². The Morgan fingerprint density at radius 3 is 1.12 bits per heavy atom. The minimum absolute atomic E-state index is 0.481. The maximum atomic E-state index is 10.2. The molecule has 0 aromatic heterocycles. The van der Waals surface area contributed by atoms with Crippen LogP contribution in [0.25, 0.3) is 0 Å². The lowest BCUT2D eigenvalue weighted by atomic mass is 9.99. The summed E-state index contributed by atoms with van der Waals surface area (Å²) in [5, 5.41) is 20.4. The van der Waals surface area contributed by atoms with Crippen LogP contribution in [0.1, 0.15) is 73.1 Å². The van der Waals surface area contributed by atoms with Crippen LogP contribution in [0.5, 0.6) is 0 Å². The first-order valence-electron chi connectivity index (χ1n) is 9.70. The Hall–Kier alpha value is -0.200. The third-order valence-electron chi connectivity index (χ3n) is 4.02. The van der Waals surface area contributed by atoms with Gasteiger partial charge in [0.2, 0.25) is 0 Å². The lowest BCUT2D eigenvalue weighted by molar-refractivity contribution is -0.186. The first kappa shape index (κ1) is 23.8. The number of hydrogen-bond acceptors (Lipinski definition) is 5. The van der Waals surface area contributed by atoms with E-state index in [1.165, 1.54) is 0 Å². The van der Waals surface area contributed by atoms with E-state index in [1.807, 2.05) is 0 Å². The lowest BCUT2D eigenvalue weighted by Gasteiger charge is -2.36. The predicted octanol–water partition coefficient (Wildman–Crippen LogP) is 3.30. The van der Waals surface area contributed by atoms with E-state index in [-0.39, 0.29) is 0 Å². The van der Waals surface area contributed by atoms with Gasteiger partial charge in [0.25, 0.3) is 0 Å². The average Bonchev–Trinajstić information content (AvgIpc) is 2.53. The molecule has 5 atom stereocenters. The van der Waals surface area contributed by atoms with Crippen LogP contribution >= 0.6 is 0 Å². The molecule has 0 aromatic carbocycles. The van der Waals surface area contributed by atoms with Gasteiger partial charge in [0.15, 0.2) is 0 Å². The minimum Gasteiger partial charge on any atom is -0.391 e. The first-order valence-corrected chi connectivity index (χ1v) is 9.70. The molecule has 2 N–H and O–H groups in total. The molecule has 0 aliphatic heterocycles. The van der Waals surface area contributed by atoms with Gasteiger partial charge >= 0.3 is 0 Å². The van der Waals surface area contributed by atoms with Crippen molar-refractivity contribution in [3.63, 3.8) is 0 Å². The fourth-order valence-electron chi connectivity index (χ4n) is 2.49. The van der Waals surface area contributed by atoms with Crippen molar-refractivity contribution in [3.8, 4) is 0 Å². The lowest BCUT2D eigenvalue weighted by Crippen LogP contribution is -2.52. The van der Waals surface area contributed by atoms with Crippen LogP contribution in [0, 0.1) is 0 Å². The smallest absolute Gasteiger partial charge is 0.115 e. The molecule has 0 bridgehead atoms. The van der Waals surface area contributed by atoms with Crippen molar-refractivity contribution >= 4 is 0 Å².